The van der Waals surface area contributed by atoms with Gasteiger partial charge in [-0.15, -0.1) is 0 Å². The summed E-state index contributed by atoms with van der Waals surface area (Å²) in [7, 11) is -2.95. The Balaban J connectivity index is 2.00. The summed E-state index contributed by atoms with van der Waals surface area (Å²) in [6.07, 6.45) is 1.33. The van der Waals surface area contributed by atoms with Crippen molar-refractivity contribution >= 4 is 15.7 Å². The van der Waals surface area contributed by atoms with E-state index in [1.165, 1.54) is 6.92 Å². The zero-order valence-electron chi connectivity index (χ0n) is 11.1. The van der Waals surface area contributed by atoms with Gasteiger partial charge in [0.05, 0.1) is 11.5 Å². The predicted octanol–water partition coefficient (Wildman–Crippen LogP) is 1.26. The summed E-state index contributed by atoms with van der Waals surface area (Å²) in [6, 6.07) is 9.77. The van der Waals surface area contributed by atoms with E-state index in [0.29, 0.717) is 13.0 Å². The van der Waals surface area contributed by atoms with Gasteiger partial charge in [0, 0.05) is 19.5 Å². The average Bonchev–Trinajstić information content (AvgIpc) is 2.71. The first-order valence-electron chi connectivity index (χ1n) is 6.49. The first kappa shape index (κ1) is 14.1. The fourth-order valence-corrected chi connectivity index (χ4v) is 4.24. The van der Waals surface area contributed by atoms with Crippen LogP contribution < -0.4 is 0 Å². The third-order valence-corrected chi connectivity index (χ3v) is 5.29. The van der Waals surface area contributed by atoms with Crippen molar-refractivity contribution in [2.24, 2.45) is 0 Å². The van der Waals surface area contributed by atoms with E-state index < -0.39 is 9.84 Å². The standard InChI is InChI=1S/C14H19NO3S/c1-12(16)15(14-8-10-19(17,18)11-14)9-7-13-5-3-2-4-6-13/h2-6,14H,7-11H2,1H3/t14-/m1/s1. The van der Waals surface area contributed by atoms with Gasteiger partial charge in [0.1, 0.15) is 0 Å². The van der Waals surface area contributed by atoms with Gasteiger partial charge in [0.15, 0.2) is 9.84 Å². The largest absolute Gasteiger partial charge is 0.339 e. The highest BCUT2D eigenvalue weighted by Crippen LogP contribution is 2.18. The molecular weight excluding hydrogens is 262 g/mol. The zero-order chi connectivity index (χ0) is 13.9. The van der Waals surface area contributed by atoms with Crippen LogP contribution in [0.4, 0.5) is 0 Å². The molecule has 1 atom stereocenters. The molecule has 1 heterocycles. The summed E-state index contributed by atoms with van der Waals surface area (Å²) in [4.78, 5) is 13.4. The minimum Gasteiger partial charge on any atom is -0.339 e. The summed E-state index contributed by atoms with van der Waals surface area (Å²) in [6.45, 7) is 2.09. The van der Waals surface area contributed by atoms with E-state index in [2.05, 4.69) is 0 Å². The summed E-state index contributed by atoms with van der Waals surface area (Å²) < 4.78 is 23.0. The van der Waals surface area contributed by atoms with Gasteiger partial charge in [0.2, 0.25) is 5.91 Å². The van der Waals surface area contributed by atoms with Gasteiger partial charge in [-0.05, 0) is 18.4 Å². The van der Waals surface area contributed by atoms with Crippen molar-refractivity contribution < 1.29 is 13.2 Å². The van der Waals surface area contributed by atoms with E-state index in [1.54, 1.807) is 4.90 Å². The average molecular weight is 281 g/mol. The molecule has 1 aliphatic heterocycles. The molecule has 1 amide bonds. The van der Waals surface area contributed by atoms with Gasteiger partial charge in [-0.3, -0.25) is 4.79 Å². The Morgan fingerprint density at radius 3 is 2.53 bits per heavy atom. The van der Waals surface area contributed by atoms with Gasteiger partial charge in [-0.2, -0.15) is 0 Å². The van der Waals surface area contributed by atoms with Crippen LogP contribution >= 0.6 is 0 Å². The molecule has 4 nitrogen and oxygen atoms in total. The van der Waals surface area contributed by atoms with Crippen LogP contribution in [0, 0.1) is 0 Å². The number of carbonyl (C=O) groups is 1. The Morgan fingerprint density at radius 1 is 1.32 bits per heavy atom. The molecule has 0 spiro atoms. The second-order valence-electron chi connectivity index (χ2n) is 5.00. The first-order valence-corrected chi connectivity index (χ1v) is 8.31. The maximum atomic E-state index is 11.7. The lowest BCUT2D eigenvalue weighted by Gasteiger charge is -2.27. The number of hydrogen-bond donors (Lipinski definition) is 0. The summed E-state index contributed by atoms with van der Waals surface area (Å²) in [5, 5.41) is 0. The minimum atomic E-state index is -2.95. The van der Waals surface area contributed by atoms with Crippen LogP contribution in [-0.4, -0.2) is 43.3 Å². The molecule has 0 radical (unpaired) electrons. The Bertz CT molecular complexity index is 539. The summed E-state index contributed by atoms with van der Waals surface area (Å²) in [5.41, 5.74) is 1.16. The van der Waals surface area contributed by atoms with Crippen LogP contribution in [0.1, 0.15) is 18.9 Å². The molecule has 1 fully saturated rings. The fraction of sp³-hybridized carbons (Fsp3) is 0.500. The third-order valence-electron chi connectivity index (χ3n) is 3.54. The maximum Gasteiger partial charge on any atom is 0.219 e. The quantitative estimate of drug-likeness (QED) is 0.835. The Labute approximate surface area is 114 Å². The highest BCUT2D eigenvalue weighted by atomic mass is 32.2. The van der Waals surface area contributed by atoms with Crippen LogP contribution in [0.3, 0.4) is 0 Å². The minimum absolute atomic E-state index is 0.0435. The number of carbonyl (C=O) groups excluding carboxylic acids is 1. The molecule has 1 saturated heterocycles. The van der Waals surface area contributed by atoms with Crippen molar-refractivity contribution in [3.05, 3.63) is 35.9 Å². The monoisotopic (exact) mass is 281 g/mol. The van der Waals surface area contributed by atoms with E-state index in [4.69, 9.17) is 0 Å². The summed E-state index contributed by atoms with van der Waals surface area (Å²) >= 11 is 0. The smallest absolute Gasteiger partial charge is 0.219 e. The van der Waals surface area contributed by atoms with Gasteiger partial charge >= 0.3 is 0 Å². The molecule has 0 unspecified atom stereocenters. The van der Waals surface area contributed by atoms with Crippen molar-refractivity contribution in [3.63, 3.8) is 0 Å². The molecule has 1 aromatic carbocycles. The lowest BCUT2D eigenvalue weighted by molar-refractivity contribution is -0.130. The Morgan fingerprint density at radius 2 is 2.00 bits per heavy atom. The molecule has 5 heteroatoms. The normalized spacial score (nSPS) is 21.2. The number of amides is 1. The van der Waals surface area contributed by atoms with E-state index in [9.17, 15) is 13.2 Å². The van der Waals surface area contributed by atoms with Gasteiger partial charge in [-0.25, -0.2) is 8.42 Å². The van der Waals surface area contributed by atoms with E-state index >= 15 is 0 Å². The lowest BCUT2D eigenvalue weighted by atomic mass is 10.1. The van der Waals surface area contributed by atoms with Crippen LogP contribution in [0.2, 0.25) is 0 Å². The number of rotatable bonds is 4. The van der Waals surface area contributed by atoms with E-state index in [-0.39, 0.29) is 23.5 Å². The van der Waals surface area contributed by atoms with Crippen LogP contribution in [0.15, 0.2) is 30.3 Å². The highest BCUT2D eigenvalue weighted by molar-refractivity contribution is 7.91. The van der Waals surface area contributed by atoms with E-state index in [0.717, 1.165) is 12.0 Å². The maximum absolute atomic E-state index is 11.7. The molecule has 0 bridgehead atoms. The lowest BCUT2D eigenvalue weighted by Crippen LogP contribution is -2.41. The van der Waals surface area contributed by atoms with Crippen LogP contribution in [0.5, 0.6) is 0 Å². The van der Waals surface area contributed by atoms with Crippen molar-refractivity contribution in [3.8, 4) is 0 Å². The van der Waals surface area contributed by atoms with Crippen molar-refractivity contribution in [1.29, 1.82) is 0 Å². The third kappa shape index (κ3) is 3.80. The number of nitrogens with zero attached hydrogens (tertiary/aromatic N) is 1. The summed E-state index contributed by atoms with van der Waals surface area (Å²) in [5.74, 6) is 0.270. The predicted molar refractivity (Wildman–Crippen MR) is 74.6 cm³/mol. The van der Waals surface area contributed by atoms with Crippen molar-refractivity contribution in [1.82, 2.24) is 4.90 Å². The SMILES string of the molecule is CC(=O)N(CCc1ccccc1)[C@@H]1CCS(=O)(=O)C1. The molecule has 104 valence electrons. The van der Waals surface area contributed by atoms with Gasteiger partial charge < -0.3 is 4.90 Å². The first-order chi connectivity index (χ1) is 8.98. The van der Waals surface area contributed by atoms with Crippen LogP contribution in [0.25, 0.3) is 0 Å². The Hall–Kier alpha value is -1.36. The number of sulfone groups is 1. The number of hydrogen-bond acceptors (Lipinski definition) is 3. The van der Waals surface area contributed by atoms with E-state index in [1.807, 2.05) is 30.3 Å². The molecule has 2 rings (SSSR count). The topological polar surface area (TPSA) is 54.5 Å². The molecule has 1 aliphatic rings. The molecular formula is C14H19NO3S. The van der Waals surface area contributed by atoms with Gasteiger partial charge in [-0.1, -0.05) is 30.3 Å². The van der Waals surface area contributed by atoms with Gasteiger partial charge in [0.25, 0.3) is 0 Å². The molecule has 19 heavy (non-hydrogen) atoms. The van der Waals surface area contributed by atoms with Crippen molar-refractivity contribution in [2.75, 3.05) is 18.1 Å². The number of benzene rings is 1. The molecule has 0 N–H and O–H groups in total. The fourth-order valence-electron chi connectivity index (χ4n) is 2.51. The van der Waals surface area contributed by atoms with Crippen molar-refractivity contribution in [2.45, 2.75) is 25.8 Å². The Kier molecular flexibility index (Phi) is 4.24. The molecule has 1 aromatic rings. The highest BCUT2D eigenvalue weighted by Gasteiger charge is 2.33. The molecule has 0 saturated carbocycles. The molecule has 0 aliphatic carbocycles. The second-order valence-corrected chi connectivity index (χ2v) is 7.23. The molecule has 0 aromatic heterocycles. The second kappa shape index (κ2) is 5.74. The van der Waals surface area contributed by atoms with Crippen LogP contribution in [-0.2, 0) is 21.1 Å². The zero-order valence-corrected chi connectivity index (χ0v) is 11.9.